The summed E-state index contributed by atoms with van der Waals surface area (Å²) >= 11 is 8.14. The fourth-order valence-electron chi connectivity index (χ4n) is 3.96. The first-order valence-corrected chi connectivity index (χ1v) is 12.0. The van der Waals surface area contributed by atoms with Crippen LogP contribution in [0, 0.1) is 0 Å². The fourth-order valence-corrected chi connectivity index (χ4v) is 5.52. The normalized spacial score (nSPS) is 13.4. The van der Waals surface area contributed by atoms with Crippen molar-refractivity contribution in [3.63, 3.8) is 0 Å². The van der Waals surface area contributed by atoms with Crippen LogP contribution >= 0.6 is 22.9 Å². The number of halogens is 1. The topological polar surface area (TPSA) is 68.3 Å². The van der Waals surface area contributed by atoms with Crippen molar-refractivity contribution in [3.05, 3.63) is 45.1 Å². The number of ether oxygens (including phenoxy) is 2. The van der Waals surface area contributed by atoms with E-state index in [9.17, 15) is 0 Å². The molecule has 8 heteroatoms. The van der Waals surface area contributed by atoms with Crippen molar-refractivity contribution in [1.82, 2.24) is 15.3 Å². The van der Waals surface area contributed by atoms with Gasteiger partial charge in [-0.2, -0.15) is 0 Å². The minimum absolute atomic E-state index is 0.614. The van der Waals surface area contributed by atoms with Gasteiger partial charge < -0.3 is 20.1 Å². The van der Waals surface area contributed by atoms with Crippen molar-refractivity contribution in [2.75, 3.05) is 32.7 Å². The van der Waals surface area contributed by atoms with Crippen molar-refractivity contribution >= 4 is 39.0 Å². The number of aryl methyl sites for hydroxylation is 2. The number of thiophene rings is 1. The highest BCUT2D eigenvalue weighted by Gasteiger charge is 2.21. The molecule has 1 aliphatic carbocycles. The van der Waals surface area contributed by atoms with E-state index >= 15 is 0 Å². The lowest BCUT2D eigenvalue weighted by Crippen LogP contribution is -2.18. The van der Waals surface area contributed by atoms with Crippen molar-refractivity contribution in [2.45, 2.75) is 45.2 Å². The first-order chi connectivity index (χ1) is 15.2. The third-order valence-corrected chi connectivity index (χ3v) is 7.00. The lowest BCUT2D eigenvalue weighted by atomic mass is 9.97. The van der Waals surface area contributed by atoms with Crippen LogP contribution in [0.25, 0.3) is 10.2 Å². The quantitative estimate of drug-likeness (QED) is 0.416. The number of fused-ring (bicyclic) bond motifs is 3. The van der Waals surface area contributed by atoms with Gasteiger partial charge in [-0.05, 0) is 61.9 Å². The predicted octanol–water partition coefficient (Wildman–Crippen LogP) is 4.97. The Labute approximate surface area is 192 Å². The lowest BCUT2D eigenvalue weighted by Gasteiger charge is -2.14. The van der Waals surface area contributed by atoms with Gasteiger partial charge in [-0.15, -0.1) is 11.3 Å². The Morgan fingerprint density at radius 3 is 2.81 bits per heavy atom. The molecule has 166 valence electrons. The second kappa shape index (κ2) is 10.6. The summed E-state index contributed by atoms with van der Waals surface area (Å²) in [6.45, 7) is 2.91. The Morgan fingerprint density at radius 1 is 1.13 bits per heavy atom. The molecule has 6 nitrogen and oxygen atoms in total. The molecule has 0 unspecified atom stereocenters. The van der Waals surface area contributed by atoms with Crippen LogP contribution in [-0.4, -0.2) is 37.3 Å². The van der Waals surface area contributed by atoms with E-state index in [0.717, 1.165) is 54.5 Å². The minimum Gasteiger partial charge on any atom is -0.495 e. The van der Waals surface area contributed by atoms with E-state index in [2.05, 4.69) is 10.6 Å². The molecule has 0 atom stereocenters. The molecule has 1 aliphatic rings. The van der Waals surface area contributed by atoms with E-state index in [0.29, 0.717) is 23.9 Å². The second-order valence-corrected chi connectivity index (χ2v) is 9.22. The van der Waals surface area contributed by atoms with Crippen LogP contribution in [0.5, 0.6) is 5.75 Å². The molecule has 0 fully saturated rings. The largest absolute Gasteiger partial charge is 0.495 e. The lowest BCUT2D eigenvalue weighted by molar-refractivity contribution is 0.194. The fraction of sp³-hybridized carbons (Fsp3) is 0.478. The summed E-state index contributed by atoms with van der Waals surface area (Å²) in [4.78, 5) is 12.3. The second-order valence-electron chi connectivity index (χ2n) is 7.73. The Bertz CT molecular complexity index is 1040. The molecule has 0 saturated heterocycles. The van der Waals surface area contributed by atoms with Crippen molar-refractivity contribution < 1.29 is 9.47 Å². The first-order valence-electron chi connectivity index (χ1n) is 10.8. The maximum atomic E-state index is 6.31. The van der Waals surface area contributed by atoms with Crippen molar-refractivity contribution in [2.24, 2.45) is 0 Å². The molecule has 31 heavy (non-hydrogen) atoms. The van der Waals surface area contributed by atoms with E-state index in [1.54, 1.807) is 14.2 Å². The smallest absolute Gasteiger partial charge is 0.146 e. The first kappa shape index (κ1) is 22.3. The number of hydrogen-bond donors (Lipinski definition) is 2. The van der Waals surface area contributed by atoms with Gasteiger partial charge in [0.15, 0.2) is 0 Å². The van der Waals surface area contributed by atoms with E-state index in [-0.39, 0.29) is 0 Å². The average molecular weight is 461 g/mol. The van der Waals surface area contributed by atoms with Gasteiger partial charge in [0.1, 0.15) is 22.2 Å². The van der Waals surface area contributed by atoms with Crippen LogP contribution < -0.4 is 15.4 Å². The standard InChI is InChI=1S/C23H29ClN4O2S/c1-29-11-5-10-25-14-20-27-22(26-13-15-8-9-18(30-2)17(24)12-15)21-16-6-3-4-7-19(16)31-23(21)28-20/h8-9,12,25H,3-7,10-11,13-14H2,1-2H3,(H,26,27,28). The summed E-state index contributed by atoms with van der Waals surface area (Å²) in [6, 6.07) is 5.86. The highest BCUT2D eigenvalue weighted by molar-refractivity contribution is 7.19. The maximum Gasteiger partial charge on any atom is 0.146 e. The van der Waals surface area contributed by atoms with Gasteiger partial charge in [0.25, 0.3) is 0 Å². The van der Waals surface area contributed by atoms with Crippen LogP contribution in [0.15, 0.2) is 18.2 Å². The third kappa shape index (κ3) is 5.29. The summed E-state index contributed by atoms with van der Waals surface area (Å²) in [5, 5.41) is 8.80. The molecular weight excluding hydrogens is 432 g/mol. The van der Waals surface area contributed by atoms with E-state index < -0.39 is 0 Å². The molecule has 0 amide bonds. The summed E-state index contributed by atoms with van der Waals surface area (Å²) in [7, 11) is 3.35. The number of nitrogens with one attached hydrogen (secondary N) is 2. The molecule has 2 N–H and O–H groups in total. The summed E-state index contributed by atoms with van der Waals surface area (Å²) < 4.78 is 10.4. The van der Waals surface area contributed by atoms with E-state index in [4.69, 9.17) is 31.0 Å². The number of aromatic nitrogens is 2. The molecule has 1 aromatic carbocycles. The molecular formula is C23H29ClN4O2S. The number of rotatable bonds is 10. The van der Waals surface area contributed by atoms with Gasteiger partial charge in [0.2, 0.25) is 0 Å². The third-order valence-electron chi connectivity index (χ3n) is 5.52. The zero-order chi connectivity index (χ0) is 21.6. The molecule has 4 rings (SSSR count). The van der Waals surface area contributed by atoms with Gasteiger partial charge in [0, 0.05) is 25.1 Å². The molecule has 2 heterocycles. The molecule has 0 bridgehead atoms. The van der Waals surface area contributed by atoms with Gasteiger partial charge in [-0.25, -0.2) is 9.97 Å². The predicted molar refractivity (Wildman–Crippen MR) is 128 cm³/mol. The monoisotopic (exact) mass is 460 g/mol. The summed E-state index contributed by atoms with van der Waals surface area (Å²) in [6.07, 6.45) is 5.71. The molecule has 0 saturated carbocycles. The van der Waals surface area contributed by atoms with Crippen LogP contribution in [-0.2, 0) is 30.7 Å². The number of hydrogen-bond acceptors (Lipinski definition) is 7. The zero-order valence-electron chi connectivity index (χ0n) is 18.1. The highest BCUT2D eigenvalue weighted by Crippen LogP contribution is 2.38. The Morgan fingerprint density at radius 2 is 2.00 bits per heavy atom. The Kier molecular flexibility index (Phi) is 7.61. The maximum absolute atomic E-state index is 6.31. The van der Waals surface area contributed by atoms with Gasteiger partial charge in [-0.3, -0.25) is 0 Å². The highest BCUT2D eigenvalue weighted by atomic mass is 35.5. The van der Waals surface area contributed by atoms with Crippen LogP contribution in [0.2, 0.25) is 5.02 Å². The molecule has 0 radical (unpaired) electrons. The summed E-state index contributed by atoms with van der Waals surface area (Å²) in [5.74, 6) is 2.42. The number of methoxy groups -OCH3 is 2. The van der Waals surface area contributed by atoms with Gasteiger partial charge in [0.05, 0.1) is 24.1 Å². The number of anilines is 1. The van der Waals surface area contributed by atoms with Crippen LogP contribution in [0.3, 0.4) is 0 Å². The Balaban J connectivity index is 1.58. The van der Waals surface area contributed by atoms with E-state index in [1.165, 1.54) is 28.7 Å². The Hall–Kier alpha value is -1.93. The van der Waals surface area contributed by atoms with Crippen LogP contribution in [0.4, 0.5) is 5.82 Å². The molecule has 0 aliphatic heterocycles. The average Bonchev–Trinajstić information content (AvgIpc) is 3.16. The minimum atomic E-state index is 0.614. The molecule has 2 aromatic heterocycles. The zero-order valence-corrected chi connectivity index (χ0v) is 19.7. The molecule has 0 spiro atoms. The summed E-state index contributed by atoms with van der Waals surface area (Å²) in [5.41, 5.74) is 2.52. The van der Waals surface area contributed by atoms with Crippen LogP contribution in [0.1, 0.15) is 41.1 Å². The van der Waals surface area contributed by atoms with Gasteiger partial charge in [-0.1, -0.05) is 17.7 Å². The van der Waals surface area contributed by atoms with E-state index in [1.807, 2.05) is 29.5 Å². The number of benzene rings is 1. The van der Waals surface area contributed by atoms with Crippen molar-refractivity contribution in [1.29, 1.82) is 0 Å². The van der Waals surface area contributed by atoms with Crippen molar-refractivity contribution in [3.8, 4) is 5.75 Å². The molecule has 3 aromatic rings. The van der Waals surface area contributed by atoms with Gasteiger partial charge >= 0.3 is 0 Å². The number of nitrogens with zero attached hydrogens (tertiary/aromatic N) is 2. The SMILES string of the molecule is COCCCNCc1nc(NCc2ccc(OC)c(Cl)c2)c2c3c(sc2n1)CCCC3.